The van der Waals surface area contributed by atoms with Gasteiger partial charge in [0.15, 0.2) is 11.5 Å². The molecule has 2 N–H and O–H groups in total. The van der Waals surface area contributed by atoms with E-state index in [1.807, 2.05) is 31.2 Å². The van der Waals surface area contributed by atoms with Crippen molar-refractivity contribution in [2.45, 2.75) is 19.5 Å². The van der Waals surface area contributed by atoms with E-state index >= 15 is 0 Å². The smallest absolute Gasteiger partial charge is 0.231 e. The van der Waals surface area contributed by atoms with Gasteiger partial charge < -0.3 is 5.32 Å². The first-order valence-corrected chi connectivity index (χ1v) is 8.34. The molecular formula is C18H15FN6O. The Hall–Kier alpha value is -3.29. The molecule has 8 heteroatoms. The topological polar surface area (TPSA) is 88.0 Å². The zero-order valence-corrected chi connectivity index (χ0v) is 13.9. The highest BCUT2D eigenvalue weighted by atomic mass is 19.1. The number of aryl methyl sites for hydroxylation is 1. The number of aromatic amines is 1. The highest BCUT2D eigenvalue weighted by molar-refractivity contribution is 5.95. The highest BCUT2D eigenvalue weighted by Gasteiger charge is 2.43. The van der Waals surface area contributed by atoms with E-state index in [9.17, 15) is 9.18 Å². The van der Waals surface area contributed by atoms with Gasteiger partial charge in [0.25, 0.3) is 0 Å². The number of amides is 1. The molecule has 4 aromatic rings. The lowest BCUT2D eigenvalue weighted by Crippen LogP contribution is -2.15. The summed E-state index contributed by atoms with van der Waals surface area (Å²) < 4.78 is 14.6. The molecule has 1 amide bonds. The van der Waals surface area contributed by atoms with Gasteiger partial charge in [-0.05, 0) is 37.1 Å². The molecule has 1 aliphatic rings. The Balaban J connectivity index is 1.54. The molecule has 26 heavy (non-hydrogen) atoms. The third kappa shape index (κ3) is 2.33. The lowest BCUT2D eigenvalue weighted by molar-refractivity contribution is -0.117. The number of nitrogens with one attached hydrogen (secondary N) is 2. The maximum Gasteiger partial charge on any atom is 0.231 e. The van der Waals surface area contributed by atoms with Crippen LogP contribution in [0.2, 0.25) is 0 Å². The van der Waals surface area contributed by atoms with E-state index in [1.54, 1.807) is 16.9 Å². The molecule has 1 aromatic carbocycles. The number of alkyl halides is 1. The van der Waals surface area contributed by atoms with Crippen molar-refractivity contribution in [2.75, 3.05) is 5.32 Å². The molecule has 7 nitrogen and oxygen atoms in total. The van der Waals surface area contributed by atoms with Crippen LogP contribution in [0.25, 0.3) is 27.8 Å². The van der Waals surface area contributed by atoms with Crippen molar-refractivity contribution in [3.8, 4) is 11.3 Å². The second-order valence-electron chi connectivity index (χ2n) is 6.58. The van der Waals surface area contributed by atoms with Gasteiger partial charge in [-0.1, -0.05) is 6.07 Å². The predicted molar refractivity (Wildman–Crippen MR) is 94.4 cm³/mol. The fourth-order valence-electron chi connectivity index (χ4n) is 3.20. The van der Waals surface area contributed by atoms with E-state index in [4.69, 9.17) is 0 Å². The Morgan fingerprint density at radius 2 is 2.19 bits per heavy atom. The first-order valence-electron chi connectivity index (χ1n) is 8.34. The molecule has 0 aliphatic heterocycles. The van der Waals surface area contributed by atoms with Gasteiger partial charge in [-0.25, -0.2) is 13.9 Å². The molecule has 1 aliphatic carbocycles. The standard InChI is InChI=1S/C18H15FN6O/c1-9-2-3-13-11(7-20-23-13)17(9)14-4-5-16-21-15(8-25(16)24-14)22-18(26)10-6-12(10)19/h2-5,7-8,10,12H,6H2,1H3,(H,20,23)(H,22,26)/t10-,12+/m1/s1. The summed E-state index contributed by atoms with van der Waals surface area (Å²) in [5.74, 6) is -0.512. The number of carbonyl (C=O) groups excluding carboxylic acids is 1. The molecule has 0 bridgehead atoms. The maximum absolute atomic E-state index is 13.0. The summed E-state index contributed by atoms with van der Waals surface area (Å²) in [5, 5.41) is 15.3. The van der Waals surface area contributed by atoms with Crippen molar-refractivity contribution in [3.05, 3.63) is 42.2 Å². The molecular weight excluding hydrogens is 335 g/mol. The van der Waals surface area contributed by atoms with Crippen LogP contribution in [0.5, 0.6) is 0 Å². The summed E-state index contributed by atoms with van der Waals surface area (Å²) in [6.45, 7) is 2.02. The number of carbonyl (C=O) groups is 1. The SMILES string of the molecule is Cc1ccc2[nH]ncc2c1-c1ccc2nc(NC(=O)[C@@H]3C[C@@H]3F)cn2n1. The number of fused-ring (bicyclic) bond motifs is 2. The van der Waals surface area contributed by atoms with Gasteiger partial charge in [0, 0.05) is 10.9 Å². The number of benzene rings is 1. The van der Waals surface area contributed by atoms with E-state index in [1.165, 1.54) is 0 Å². The number of rotatable bonds is 3. The van der Waals surface area contributed by atoms with E-state index in [0.717, 1.165) is 27.7 Å². The van der Waals surface area contributed by atoms with Crippen LogP contribution < -0.4 is 5.32 Å². The minimum absolute atomic E-state index is 0.287. The van der Waals surface area contributed by atoms with Gasteiger partial charge >= 0.3 is 0 Å². The maximum atomic E-state index is 13.0. The minimum Gasteiger partial charge on any atom is -0.309 e. The fraction of sp³-hybridized carbons (Fsp3) is 0.222. The van der Waals surface area contributed by atoms with Crippen LogP contribution >= 0.6 is 0 Å². The second kappa shape index (κ2) is 5.35. The van der Waals surface area contributed by atoms with Crippen LogP contribution in [0.4, 0.5) is 10.2 Å². The zero-order valence-electron chi connectivity index (χ0n) is 13.9. The molecule has 3 aromatic heterocycles. The van der Waals surface area contributed by atoms with Crippen LogP contribution in [0.1, 0.15) is 12.0 Å². The molecule has 0 unspecified atom stereocenters. The van der Waals surface area contributed by atoms with E-state index < -0.39 is 12.1 Å². The quantitative estimate of drug-likeness (QED) is 0.595. The minimum atomic E-state index is -1.03. The average Bonchev–Trinajstić information content (AvgIpc) is 3.02. The normalized spacial score (nSPS) is 19.2. The van der Waals surface area contributed by atoms with Crippen LogP contribution in [-0.2, 0) is 4.79 Å². The molecule has 0 radical (unpaired) electrons. The van der Waals surface area contributed by atoms with Gasteiger partial charge in [-0.3, -0.25) is 9.89 Å². The van der Waals surface area contributed by atoms with Crippen LogP contribution in [-0.4, -0.2) is 36.9 Å². The van der Waals surface area contributed by atoms with Crippen molar-refractivity contribution < 1.29 is 9.18 Å². The Labute approximate surface area is 147 Å². The first kappa shape index (κ1) is 15.0. The number of imidazole rings is 1. The highest BCUT2D eigenvalue weighted by Crippen LogP contribution is 2.34. The Bertz CT molecular complexity index is 1160. The number of hydrogen-bond acceptors (Lipinski definition) is 4. The van der Waals surface area contributed by atoms with Crippen LogP contribution in [0.15, 0.2) is 36.7 Å². The summed E-state index contributed by atoms with van der Waals surface area (Å²) in [6.07, 6.45) is 2.68. The van der Waals surface area contributed by atoms with E-state index in [-0.39, 0.29) is 12.3 Å². The number of nitrogens with zero attached hydrogens (tertiary/aromatic N) is 4. The lowest BCUT2D eigenvalue weighted by Gasteiger charge is -2.07. The Kier molecular flexibility index (Phi) is 3.09. The average molecular weight is 350 g/mol. The van der Waals surface area contributed by atoms with Gasteiger partial charge in [0.05, 0.1) is 29.5 Å². The number of aromatic nitrogens is 5. The molecule has 2 atom stereocenters. The third-order valence-corrected chi connectivity index (χ3v) is 4.71. The Morgan fingerprint density at radius 3 is 3.00 bits per heavy atom. The van der Waals surface area contributed by atoms with Gasteiger partial charge in [-0.2, -0.15) is 10.2 Å². The van der Waals surface area contributed by atoms with E-state index in [2.05, 4.69) is 25.6 Å². The summed E-state index contributed by atoms with van der Waals surface area (Å²) in [5.41, 5.74) is 4.41. The van der Waals surface area contributed by atoms with E-state index in [0.29, 0.717) is 11.5 Å². The Morgan fingerprint density at radius 1 is 1.35 bits per heavy atom. The van der Waals surface area contributed by atoms with Gasteiger partial charge in [-0.15, -0.1) is 0 Å². The van der Waals surface area contributed by atoms with Gasteiger partial charge in [0.2, 0.25) is 5.91 Å². The van der Waals surface area contributed by atoms with Crippen LogP contribution in [0, 0.1) is 12.8 Å². The molecule has 0 spiro atoms. The van der Waals surface area contributed by atoms with Crippen molar-refractivity contribution >= 4 is 28.3 Å². The van der Waals surface area contributed by atoms with Crippen molar-refractivity contribution in [1.82, 2.24) is 24.8 Å². The number of halogens is 1. The summed E-state index contributed by atoms with van der Waals surface area (Å²) in [4.78, 5) is 16.2. The largest absolute Gasteiger partial charge is 0.309 e. The molecule has 3 heterocycles. The summed E-state index contributed by atoms with van der Waals surface area (Å²) in [6, 6.07) is 7.73. The van der Waals surface area contributed by atoms with Crippen LogP contribution in [0.3, 0.4) is 0 Å². The molecule has 1 fully saturated rings. The number of hydrogen-bond donors (Lipinski definition) is 2. The molecule has 5 rings (SSSR count). The fourth-order valence-corrected chi connectivity index (χ4v) is 3.20. The number of anilines is 1. The number of H-pyrrole nitrogens is 1. The summed E-state index contributed by atoms with van der Waals surface area (Å²) >= 11 is 0. The van der Waals surface area contributed by atoms with Crippen molar-refractivity contribution in [3.63, 3.8) is 0 Å². The zero-order chi connectivity index (χ0) is 17.8. The second-order valence-corrected chi connectivity index (χ2v) is 6.58. The molecule has 130 valence electrons. The molecule has 0 saturated heterocycles. The van der Waals surface area contributed by atoms with Crippen molar-refractivity contribution in [2.24, 2.45) is 5.92 Å². The first-order chi connectivity index (χ1) is 12.6. The summed E-state index contributed by atoms with van der Waals surface area (Å²) in [7, 11) is 0. The van der Waals surface area contributed by atoms with Gasteiger partial charge in [0.1, 0.15) is 6.17 Å². The van der Waals surface area contributed by atoms with Crippen molar-refractivity contribution in [1.29, 1.82) is 0 Å². The monoisotopic (exact) mass is 350 g/mol. The third-order valence-electron chi connectivity index (χ3n) is 4.71. The lowest BCUT2D eigenvalue weighted by atomic mass is 10.0. The predicted octanol–water partition coefficient (Wildman–Crippen LogP) is 2.88. The molecule has 1 saturated carbocycles.